The van der Waals surface area contributed by atoms with Crippen LogP contribution in [0.5, 0.6) is 11.5 Å². The van der Waals surface area contributed by atoms with Gasteiger partial charge >= 0.3 is 0 Å². The number of hydrogen-bond donors (Lipinski definition) is 1. The first-order valence-electron chi connectivity index (χ1n) is 7.29. The number of ether oxygens (including phenoxy) is 2. The third-order valence-corrected chi connectivity index (χ3v) is 4.28. The van der Waals surface area contributed by atoms with E-state index in [4.69, 9.17) is 9.47 Å². The van der Waals surface area contributed by atoms with Crippen molar-refractivity contribution in [2.45, 2.75) is 18.9 Å². The Balaban J connectivity index is 2.12. The van der Waals surface area contributed by atoms with E-state index in [1.54, 1.807) is 14.2 Å². The summed E-state index contributed by atoms with van der Waals surface area (Å²) in [6, 6.07) is 13.1. The average Bonchev–Trinajstić information content (AvgIpc) is 2.97. The molecule has 3 heteroatoms. The highest BCUT2D eigenvalue weighted by Gasteiger charge is 2.23. The lowest BCUT2D eigenvalue weighted by molar-refractivity contribution is 0.394. The molecule has 0 saturated carbocycles. The molecule has 0 aliphatic heterocycles. The van der Waals surface area contributed by atoms with Crippen molar-refractivity contribution in [3.63, 3.8) is 0 Å². The largest absolute Gasteiger partial charge is 0.497 e. The first-order chi connectivity index (χ1) is 10.3. The van der Waals surface area contributed by atoms with Crippen LogP contribution in [0.2, 0.25) is 0 Å². The minimum absolute atomic E-state index is 0.465. The van der Waals surface area contributed by atoms with E-state index in [1.807, 2.05) is 13.1 Å². The number of hydrogen-bond acceptors (Lipinski definition) is 3. The minimum Gasteiger partial charge on any atom is -0.497 e. The van der Waals surface area contributed by atoms with Gasteiger partial charge in [0.05, 0.1) is 14.2 Å². The summed E-state index contributed by atoms with van der Waals surface area (Å²) in [5.74, 6) is 1.65. The molecule has 1 atom stereocenters. The van der Waals surface area contributed by atoms with E-state index in [-0.39, 0.29) is 0 Å². The normalized spacial score (nSPS) is 16.6. The second-order valence-electron chi connectivity index (χ2n) is 5.35. The van der Waals surface area contributed by atoms with Gasteiger partial charge in [-0.3, -0.25) is 0 Å². The Labute approximate surface area is 125 Å². The molecule has 2 aromatic rings. The summed E-state index contributed by atoms with van der Waals surface area (Å²) in [7, 11) is 5.40. The molecule has 0 radical (unpaired) electrons. The molecule has 0 aromatic heterocycles. The third-order valence-electron chi connectivity index (χ3n) is 4.28. The van der Waals surface area contributed by atoms with Gasteiger partial charge in [0.2, 0.25) is 0 Å². The zero-order chi connectivity index (χ0) is 14.8. The van der Waals surface area contributed by atoms with Crippen LogP contribution in [-0.4, -0.2) is 21.3 Å². The number of fused-ring (bicyclic) bond motifs is 1. The Hall–Kier alpha value is -2.00. The first-order valence-corrected chi connectivity index (χ1v) is 7.29. The Morgan fingerprint density at radius 3 is 2.38 bits per heavy atom. The Morgan fingerprint density at radius 1 is 1.05 bits per heavy atom. The Bertz CT molecular complexity index is 629. The van der Waals surface area contributed by atoms with E-state index in [9.17, 15) is 0 Å². The van der Waals surface area contributed by atoms with Gasteiger partial charge < -0.3 is 14.8 Å². The predicted octanol–water partition coefficient (Wildman–Crippen LogP) is 3.58. The quantitative estimate of drug-likeness (QED) is 0.930. The summed E-state index contributed by atoms with van der Waals surface area (Å²) in [4.78, 5) is 0. The maximum Gasteiger partial charge on any atom is 0.123 e. The van der Waals surface area contributed by atoms with Crippen molar-refractivity contribution in [3.05, 3.63) is 47.5 Å². The predicted molar refractivity (Wildman–Crippen MR) is 85.1 cm³/mol. The number of nitrogens with one attached hydrogen (secondary N) is 1. The molecule has 0 fully saturated rings. The van der Waals surface area contributed by atoms with E-state index in [0.29, 0.717) is 6.04 Å². The molecule has 21 heavy (non-hydrogen) atoms. The molecule has 1 aliphatic carbocycles. The van der Waals surface area contributed by atoms with Gasteiger partial charge in [0.1, 0.15) is 11.5 Å². The molecule has 1 aliphatic rings. The van der Waals surface area contributed by atoms with Crippen LogP contribution < -0.4 is 14.8 Å². The van der Waals surface area contributed by atoms with Crippen molar-refractivity contribution in [2.24, 2.45) is 0 Å². The molecule has 0 amide bonds. The van der Waals surface area contributed by atoms with Gasteiger partial charge in [0.25, 0.3) is 0 Å². The molecule has 2 aromatic carbocycles. The molecular formula is C18H21NO2. The van der Waals surface area contributed by atoms with Crippen molar-refractivity contribution in [3.8, 4) is 22.6 Å². The molecule has 0 saturated heterocycles. The van der Waals surface area contributed by atoms with E-state index in [2.05, 4.69) is 35.6 Å². The van der Waals surface area contributed by atoms with E-state index in [0.717, 1.165) is 29.9 Å². The van der Waals surface area contributed by atoms with Gasteiger partial charge in [0, 0.05) is 12.1 Å². The van der Waals surface area contributed by atoms with Gasteiger partial charge in [-0.05, 0) is 54.3 Å². The monoisotopic (exact) mass is 283 g/mol. The summed E-state index contributed by atoms with van der Waals surface area (Å²) in [5, 5.41) is 3.39. The molecule has 0 heterocycles. The lowest BCUT2D eigenvalue weighted by atomic mass is 9.96. The van der Waals surface area contributed by atoms with Crippen molar-refractivity contribution in [1.82, 2.24) is 5.32 Å². The van der Waals surface area contributed by atoms with Crippen LogP contribution in [0.3, 0.4) is 0 Å². The van der Waals surface area contributed by atoms with Crippen LogP contribution in [0.15, 0.2) is 36.4 Å². The van der Waals surface area contributed by atoms with E-state index < -0.39 is 0 Å². The van der Waals surface area contributed by atoms with Gasteiger partial charge in [0.15, 0.2) is 0 Å². The van der Waals surface area contributed by atoms with Crippen LogP contribution in [0.25, 0.3) is 11.1 Å². The second kappa shape index (κ2) is 5.78. The smallest absolute Gasteiger partial charge is 0.123 e. The summed E-state index contributed by atoms with van der Waals surface area (Å²) in [5.41, 5.74) is 5.28. The highest BCUT2D eigenvalue weighted by Crippen LogP contribution is 2.39. The fourth-order valence-corrected chi connectivity index (χ4v) is 3.19. The maximum absolute atomic E-state index is 5.39. The fraction of sp³-hybridized carbons (Fsp3) is 0.333. The lowest BCUT2D eigenvalue weighted by Gasteiger charge is -2.14. The molecular weight excluding hydrogens is 262 g/mol. The van der Waals surface area contributed by atoms with Crippen molar-refractivity contribution in [1.29, 1.82) is 0 Å². The van der Waals surface area contributed by atoms with Crippen LogP contribution in [-0.2, 0) is 6.42 Å². The summed E-state index contributed by atoms with van der Waals surface area (Å²) in [6.45, 7) is 0. The topological polar surface area (TPSA) is 30.5 Å². The molecule has 1 unspecified atom stereocenters. The SMILES string of the molecule is CNC1CCc2c(-c3cc(OC)cc(OC)c3)cccc21. The van der Waals surface area contributed by atoms with Crippen LogP contribution in [0.4, 0.5) is 0 Å². The summed E-state index contributed by atoms with van der Waals surface area (Å²) in [6.07, 6.45) is 2.26. The van der Waals surface area contributed by atoms with Crippen LogP contribution >= 0.6 is 0 Å². The molecule has 3 rings (SSSR count). The highest BCUT2D eigenvalue weighted by molar-refractivity contribution is 5.72. The molecule has 3 nitrogen and oxygen atoms in total. The number of methoxy groups -OCH3 is 2. The first kappa shape index (κ1) is 14.0. The third kappa shape index (κ3) is 2.49. The number of benzene rings is 2. The van der Waals surface area contributed by atoms with Crippen LogP contribution in [0.1, 0.15) is 23.6 Å². The van der Waals surface area contributed by atoms with Gasteiger partial charge in [-0.25, -0.2) is 0 Å². The summed E-state index contributed by atoms with van der Waals surface area (Å²) < 4.78 is 10.8. The van der Waals surface area contributed by atoms with Crippen molar-refractivity contribution in [2.75, 3.05) is 21.3 Å². The zero-order valence-corrected chi connectivity index (χ0v) is 12.8. The number of rotatable bonds is 4. The zero-order valence-electron chi connectivity index (χ0n) is 12.8. The van der Waals surface area contributed by atoms with Crippen LogP contribution in [0, 0.1) is 0 Å². The average molecular weight is 283 g/mol. The van der Waals surface area contributed by atoms with Crippen molar-refractivity contribution >= 4 is 0 Å². The maximum atomic E-state index is 5.39. The highest BCUT2D eigenvalue weighted by atomic mass is 16.5. The summed E-state index contributed by atoms with van der Waals surface area (Å²) >= 11 is 0. The second-order valence-corrected chi connectivity index (χ2v) is 5.35. The molecule has 0 spiro atoms. The standard InChI is InChI=1S/C18H21NO2/c1-19-18-8-7-16-15(5-4-6-17(16)18)12-9-13(20-2)11-14(10-12)21-3/h4-6,9-11,18-19H,7-8H2,1-3H3. The molecule has 0 bridgehead atoms. The van der Waals surface area contributed by atoms with Gasteiger partial charge in [-0.1, -0.05) is 18.2 Å². The molecule has 110 valence electrons. The van der Waals surface area contributed by atoms with Crippen molar-refractivity contribution < 1.29 is 9.47 Å². The Kier molecular flexibility index (Phi) is 3.84. The van der Waals surface area contributed by atoms with E-state index in [1.165, 1.54) is 16.7 Å². The fourth-order valence-electron chi connectivity index (χ4n) is 3.19. The minimum atomic E-state index is 0.465. The van der Waals surface area contributed by atoms with Gasteiger partial charge in [-0.2, -0.15) is 0 Å². The lowest BCUT2D eigenvalue weighted by Crippen LogP contribution is -2.12. The van der Waals surface area contributed by atoms with Gasteiger partial charge in [-0.15, -0.1) is 0 Å². The Morgan fingerprint density at radius 2 is 1.76 bits per heavy atom. The van der Waals surface area contributed by atoms with E-state index >= 15 is 0 Å². The molecule has 1 N–H and O–H groups in total.